The zero-order valence-corrected chi connectivity index (χ0v) is 19.9. The molecule has 9 nitrogen and oxygen atoms in total. The monoisotopic (exact) mass is 481 g/mol. The number of sulfonamides is 1. The van der Waals surface area contributed by atoms with Crippen molar-refractivity contribution in [1.29, 1.82) is 0 Å². The molecule has 1 aromatic heterocycles. The molecule has 0 bridgehead atoms. The van der Waals surface area contributed by atoms with E-state index in [1.165, 1.54) is 5.56 Å². The number of nitrogens with two attached hydrogens (primary N) is 2. The van der Waals surface area contributed by atoms with Gasteiger partial charge in [-0.15, -0.1) is 10.2 Å². The maximum absolute atomic E-state index is 12.9. The fraction of sp³-hybridized carbons (Fsp3) is 0.458. The number of nitrogens with zero attached hydrogens (tertiary/aromatic N) is 3. The summed E-state index contributed by atoms with van der Waals surface area (Å²) in [5.74, 6) is 1.27. The SMILES string of the molecule is NC1CCC(CCc2ccc(-c3ccc(C4CNC4)cc3)c(-c3nn[nH]n3)c2S(N)(=O)=O)CC1. The van der Waals surface area contributed by atoms with Crippen LogP contribution in [-0.4, -0.2) is 48.2 Å². The van der Waals surface area contributed by atoms with Crippen LogP contribution in [-0.2, 0) is 16.4 Å². The van der Waals surface area contributed by atoms with Crippen molar-refractivity contribution in [1.82, 2.24) is 25.9 Å². The molecule has 0 atom stereocenters. The first-order chi connectivity index (χ1) is 16.4. The van der Waals surface area contributed by atoms with E-state index in [0.29, 0.717) is 29.4 Å². The summed E-state index contributed by atoms with van der Waals surface area (Å²) in [5.41, 5.74) is 10.0. The molecule has 1 aliphatic carbocycles. The van der Waals surface area contributed by atoms with Crippen LogP contribution in [0.15, 0.2) is 41.3 Å². The summed E-state index contributed by atoms with van der Waals surface area (Å²) < 4.78 is 25.8. The van der Waals surface area contributed by atoms with Crippen molar-refractivity contribution in [3.63, 3.8) is 0 Å². The second kappa shape index (κ2) is 9.53. The average molecular weight is 482 g/mol. The molecular formula is C24H31N7O2S. The van der Waals surface area contributed by atoms with Gasteiger partial charge in [0.05, 0.1) is 10.5 Å². The average Bonchev–Trinajstić information content (AvgIpc) is 3.32. The predicted octanol–water partition coefficient (Wildman–Crippen LogP) is 2.32. The van der Waals surface area contributed by atoms with Gasteiger partial charge in [0.25, 0.3) is 0 Å². The van der Waals surface area contributed by atoms with Gasteiger partial charge >= 0.3 is 0 Å². The third-order valence-corrected chi connectivity index (χ3v) is 8.32. The zero-order chi connectivity index (χ0) is 23.7. The van der Waals surface area contributed by atoms with E-state index in [0.717, 1.165) is 56.3 Å². The molecule has 180 valence electrons. The zero-order valence-electron chi connectivity index (χ0n) is 19.1. The molecule has 2 aromatic carbocycles. The Morgan fingerprint density at radius 1 is 1.00 bits per heavy atom. The molecule has 1 aliphatic heterocycles. The number of hydrogen-bond acceptors (Lipinski definition) is 7. The summed E-state index contributed by atoms with van der Waals surface area (Å²) >= 11 is 0. The topological polar surface area (TPSA) is 153 Å². The summed E-state index contributed by atoms with van der Waals surface area (Å²) in [6.07, 6.45) is 5.70. The summed E-state index contributed by atoms with van der Waals surface area (Å²) in [6, 6.07) is 12.4. The van der Waals surface area contributed by atoms with Crippen LogP contribution in [0, 0.1) is 5.92 Å². The molecule has 6 N–H and O–H groups in total. The van der Waals surface area contributed by atoms with Crippen molar-refractivity contribution in [2.75, 3.05) is 13.1 Å². The van der Waals surface area contributed by atoms with Gasteiger partial charge in [-0.1, -0.05) is 36.4 Å². The van der Waals surface area contributed by atoms with Crippen LogP contribution >= 0.6 is 0 Å². The molecule has 1 saturated heterocycles. The van der Waals surface area contributed by atoms with Gasteiger partial charge in [-0.2, -0.15) is 5.21 Å². The second-order valence-corrected chi connectivity index (χ2v) is 11.1. The Labute approximate surface area is 199 Å². The minimum atomic E-state index is -4.05. The van der Waals surface area contributed by atoms with Gasteiger partial charge in [-0.25, -0.2) is 13.6 Å². The van der Waals surface area contributed by atoms with E-state index in [9.17, 15) is 8.42 Å². The van der Waals surface area contributed by atoms with Crippen LogP contribution in [0.4, 0.5) is 0 Å². The predicted molar refractivity (Wildman–Crippen MR) is 130 cm³/mol. The van der Waals surface area contributed by atoms with Gasteiger partial charge in [0.2, 0.25) is 15.8 Å². The number of aryl methyl sites for hydroxylation is 1. The van der Waals surface area contributed by atoms with Crippen molar-refractivity contribution >= 4 is 10.0 Å². The van der Waals surface area contributed by atoms with Crippen LogP contribution in [0.2, 0.25) is 0 Å². The van der Waals surface area contributed by atoms with Crippen LogP contribution in [0.1, 0.15) is 49.1 Å². The van der Waals surface area contributed by atoms with E-state index in [1.54, 1.807) is 0 Å². The van der Waals surface area contributed by atoms with Crippen LogP contribution in [0.5, 0.6) is 0 Å². The van der Waals surface area contributed by atoms with E-state index in [-0.39, 0.29) is 16.8 Å². The van der Waals surface area contributed by atoms with Gasteiger partial charge in [-0.05, 0) is 71.9 Å². The Balaban J connectivity index is 1.54. The number of hydrogen-bond donors (Lipinski definition) is 4. The molecule has 0 unspecified atom stereocenters. The minimum Gasteiger partial charge on any atom is -0.328 e. The van der Waals surface area contributed by atoms with Crippen LogP contribution < -0.4 is 16.2 Å². The Morgan fingerprint density at radius 3 is 2.32 bits per heavy atom. The fourth-order valence-electron chi connectivity index (χ4n) is 5.17. The van der Waals surface area contributed by atoms with E-state index in [1.807, 2.05) is 24.3 Å². The number of aromatic nitrogens is 4. The highest BCUT2D eigenvalue weighted by molar-refractivity contribution is 7.89. The van der Waals surface area contributed by atoms with E-state index in [4.69, 9.17) is 10.9 Å². The van der Waals surface area contributed by atoms with E-state index >= 15 is 0 Å². The quantitative estimate of drug-likeness (QED) is 0.404. The maximum atomic E-state index is 12.9. The molecule has 0 radical (unpaired) electrons. The molecule has 2 aliphatic rings. The minimum absolute atomic E-state index is 0.0891. The summed E-state index contributed by atoms with van der Waals surface area (Å²) in [4.78, 5) is 0.0891. The molecule has 0 spiro atoms. The lowest BCUT2D eigenvalue weighted by molar-refractivity contribution is 0.310. The van der Waals surface area contributed by atoms with Crippen LogP contribution in [0.3, 0.4) is 0 Å². The molecular weight excluding hydrogens is 450 g/mol. The second-order valence-electron chi connectivity index (χ2n) is 9.55. The third kappa shape index (κ3) is 4.76. The van der Waals surface area contributed by atoms with Gasteiger partial charge in [0, 0.05) is 25.0 Å². The molecule has 10 heteroatoms. The van der Waals surface area contributed by atoms with Crippen LogP contribution in [0.25, 0.3) is 22.5 Å². The summed E-state index contributed by atoms with van der Waals surface area (Å²) in [6.45, 7) is 1.95. The maximum Gasteiger partial charge on any atom is 0.239 e. The normalized spacial score (nSPS) is 21.4. The highest BCUT2D eigenvalue weighted by Crippen LogP contribution is 2.39. The molecule has 1 saturated carbocycles. The molecule has 3 aromatic rings. The Morgan fingerprint density at radius 2 is 1.74 bits per heavy atom. The lowest BCUT2D eigenvalue weighted by Gasteiger charge is -2.27. The number of rotatable bonds is 7. The summed E-state index contributed by atoms with van der Waals surface area (Å²) in [7, 11) is -4.05. The molecule has 2 fully saturated rings. The standard InChI is InChI=1S/C24H31N7O2S/c25-20-10-2-15(3-11-20)1-4-18-9-12-21(17-7-5-16(6-8-17)19-13-27-14-19)22(23(18)34(26,32)33)24-28-30-31-29-24/h5-9,12,15,19-20,27H,1-4,10-11,13-14,25H2,(H2,26,32,33)(H,28,29,30,31). The fourth-order valence-corrected chi connectivity index (χ4v) is 6.19. The van der Waals surface area contributed by atoms with Gasteiger partial charge < -0.3 is 11.1 Å². The first kappa shape index (κ1) is 23.1. The first-order valence-corrected chi connectivity index (χ1v) is 13.4. The summed E-state index contributed by atoms with van der Waals surface area (Å²) in [5, 5.41) is 23.5. The number of tetrazole rings is 1. The van der Waals surface area contributed by atoms with Crippen molar-refractivity contribution < 1.29 is 8.42 Å². The van der Waals surface area contributed by atoms with Crippen molar-refractivity contribution in [3.05, 3.63) is 47.5 Å². The number of nitrogens with one attached hydrogen (secondary N) is 2. The molecule has 5 rings (SSSR count). The smallest absolute Gasteiger partial charge is 0.239 e. The number of primary sulfonamides is 1. The van der Waals surface area contributed by atoms with Gasteiger partial charge in [0.1, 0.15) is 0 Å². The van der Waals surface area contributed by atoms with E-state index in [2.05, 4.69) is 38.1 Å². The molecule has 2 heterocycles. The Bertz CT molecular complexity index is 1230. The molecule has 34 heavy (non-hydrogen) atoms. The molecule has 0 amide bonds. The van der Waals surface area contributed by atoms with Crippen molar-refractivity contribution in [2.45, 2.75) is 55.4 Å². The number of H-pyrrole nitrogens is 1. The highest BCUT2D eigenvalue weighted by Gasteiger charge is 2.27. The Hall–Kier alpha value is -2.66. The largest absolute Gasteiger partial charge is 0.328 e. The van der Waals surface area contributed by atoms with Crippen molar-refractivity contribution in [2.24, 2.45) is 16.8 Å². The third-order valence-electron chi connectivity index (χ3n) is 7.28. The lowest BCUT2D eigenvalue weighted by atomic mass is 9.82. The Kier molecular flexibility index (Phi) is 6.48. The first-order valence-electron chi connectivity index (χ1n) is 11.9. The van der Waals surface area contributed by atoms with Gasteiger partial charge in [-0.3, -0.25) is 0 Å². The number of aromatic amines is 1. The van der Waals surface area contributed by atoms with Crippen molar-refractivity contribution in [3.8, 4) is 22.5 Å². The lowest BCUT2D eigenvalue weighted by Crippen LogP contribution is -2.39. The number of benzene rings is 2. The van der Waals surface area contributed by atoms with Gasteiger partial charge in [0.15, 0.2) is 0 Å². The van der Waals surface area contributed by atoms with E-state index < -0.39 is 10.0 Å². The highest BCUT2D eigenvalue weighted by atomic mass is 32.2.